The van der Waals surface area contributed by atoms with Gasteiger partial charge in [0.1, 0.15) is 0 Å². The van der Waals surface area contributed by atoms with Gasteiger partial charge in [-0.2, -0.15) is 16.8 Å². The monoisotopic (exact) mass is 708 g/mol. The van der Waals surface area contributed by atoms with Crippen molar-refractivity contribution in [3.63, 3.8) is 0 Å². The van der Waals surface area contributed by atoms with Gasteiger partial charge in [0.05, 0.1) is 12.5 Å². The number of pyridine rings is 1. The zero-order valence-corrected chi connectivity index (χ0v) is 28.8. The van der Waals surface area contributed by atoms with Crippen molar-refractivity contribution in [2.45, 2.75) is 31.4 Å². The summed E-state index contributed by atoms with van der Waals surface area (Å²) in [4.78, 5) is 29.0. The largest absolute Gasteiger partial charge is 0.286 e. The number of hydrogen-bond donors (Lipinski definition) is 4. The molecule has 1 aliphatic carbocycles. The van der Waals surface area contributed by atoms with Crippen LogP contribution in [0.5, 0.6) is 0 Å². The molecule has 0 radical (unpaired) electrons. The zero-order valence-electron chi connectivity index (χ0n) is 24.7. The summed E-state index contributed by atoms with van der Waals surface area (Å²) < 4.78 is 51.7. The van der Waals surface area contributed by atoms with Crippen molar-refractivity contribution in [2.24, 2.45) is 11.3 Å². The molecule has 0 saturated carbocycles. The van der Waals surface area contributed by atoms with Gasteiger partial charge in [-0.3, -0.25) is 9.11 Å². The van der Waals surface area contributed by atoms with E-state index in [0.717, 1.165) is 38.4 Å². The van der Waals surface area contributed by atoms with Crippen LogP contribution >= 0.6 is 0 Å². The first kappa shape index (κ1) is 36.8. The molecule has 1 aliphatic rings. The van der Waals surface area contributed by atoms with Crippen LogP contribution in [-0.2, 0) is 36.2 Å². The first-order valence-electron chi connectivity index (χ1n) is 13.2. The van der Waals surface area contributed by atoms with E-state index in [4.69, 9.17) is 9.11 Å². The van der Waals surface area contributed by atoms with E-state index in [1.54, 1.807) is 12.3 Å². The number of carbonyl (C=O) groups is 2. The maximum absolute atomic E-state index is 13.4. The average Bonchev–Trinajstić information content (AvgIpc) is 2.88. The van der Waals surface area contributed by atoms with Crippen LogP contribution in [0.15, 0.2) is 84.7 Å². The Hall–Kier alpha value is -3.35. The molecule has 14 heteroatoms. The number of aliphatic carboxylic acids is 1. The summed E-state index contributed by atoms with van der Waals surface area (Å²) in [6.45, 7) is 3.98. The molecule has 0 aliphatic heterocycles. The molecular formula is C30H37AsN2O9S2. The van der Waals surface area contributed by atoms with E-state index < -0.39 is 32.1 Å². The minimum absolute atomic E-state index is 0.0211. The first-order chi connectivity index (χ1) is 20.3. The van der Waals surface area contributed by atoms with E-state index in [1.807, 2.05) is 61.7 Å². The van der Waals surface area contributed by atoms with Crippen molar-refractivity contribution < 1.29 is 40.6 Å². The summed E-state index contributed by atoms with van der Waals surface area (Å²) in [6.07, 6.45) is 11.5. The molecular weight excluding hydrogens is 671 g/mol. The van der Waals surface area contributed by atoms with Crippen LogP contribution in [0.2, 0.25) is 5.21 Å². The van der Waals surface area contributed by atoms with Gasteiger partial charge in [-0.25, -0.2) is 0 Å². The minimum atomic E-state index is -3.67. The Morgan fingerprint density at radius 2 is 1.64 bits per heavy atom. The third kappa shape index (κ3) is 12.7. The Labute approximate surface area is 266 Å². The van der Waals surface area contributed by atoms with Crippen LogP contribution in [-0.4, -0.2) is 77.3 Å². The molecule has 4 N–H and O–H groups in total. The summed E-state index contributed by atoms with van der Waals surface area (Å²) in [5.74, 6) is -1.69. The molecule has 238 valence electrons. The number of carbonyl (C=O) groups excluding carboxylic acids is 1. The second kappa shape index (κ2) is 15.6. The van der Waals surface area contributed by atoms with Crippen molar-refractivity contribution >= 4 is 65.4 Å². The van der Waals surface area contributed by atoms with E-state index >= 15 is 0 Å². The third-order valence-corrected chi connectivity index (χ3v) is 7.43. The van der Waals surface area contributed by atoms with Gasteiger partial charge in [0.25, 0.3) is 20.2 Å². The van der Waals surface area contributed by atoms with Gasteiger partial charge in [-0.15, -0.1) is 0 Å². The predicted octanol–water partition coefficient (Wildman–Crippen LogP) is 3.78. The van der Waals surface area contributed by atoms with Crippen LogP contribution in [0.3, 0.4) is 0 Å². The average molecular weight is 709 g/mol. The standard InChI is InChI=1S/C28H29AsN2O3.2CH4O3S/c1-18-14-28(2,11-9-23(18)27(33)34)15-20-5-3-4-6-24(20)25(16-29)26(32)31-22-8-7-21-17-30-12-10-19(21)13-22;2*1-5(2,3)4/h3-14,17,23,25H,15-16,29H2,1-2H3,(H,31,32)(H,33,34);2*1H3,(H,2,3,4). The number of anilines is 1. The maximum Gasteiger partial charge on any atom is 0.261 e. The van der Waals surface area contributed by atoms with Crippen molar-refractivity contribution in [2.75, 3.05) is 17.8 Å². The SMILES string of the molecule is CC1=CC(C)(Cc2ccccc2C(C[AsH2])C(=O)Nc2ccc3cnccc3c2)C=CC1C(=O)O.CS(=O)(=O)O.CS(=O)(=O)O. The quantitative estimate of drug-likeness (QED) is 0.160. The Balaban J connectivity index is 0.000000586. The number of fused-ring (bicyclic) bond motifs is 1. The third-order valence-electron chi connectivity index (χ3n) is 6.45. The fourth-order valence-electron chi connectivity index (χ4n) is 4.72. The predicted molar refractivity (Wildman–Crippen MR) is 174 cm³/mol. The number of rotatable bonds is 7. The van der Waals surface area contributed by atoms with Gasteiger partial charge in [-0.1, -0.05) is 0 Å². The number of amides is 1. The molecule has 0 bridgehead atoms. The zero-order chi connectivity index (χ0) is 33.3. The Morgan fingerprint density at radius 1 is 1.02 bits per heavy atom. The number of benzene rings is 2. The van der Waals surface area contributed by atoms with Crippen molar-refractivity contribution in [3.05, 3.63) is 95.9 Å². The number of allylic oxidation sites excluding steroid dienone is 2. The van der Waals surface area contributed by atoms with E-state index in [1.165, 1.54) is 16.9 Å². The maximum atomic E-state index is 13.4. The smallest absolute Gasteiger partial charge is 0.261 e. The Morgan fingerprint density at radius 3 is 2.20 bits per heavy atom. The van der Waals surface area contributed by atoms with E-state index in [0.29, 0.717) is 18.9 Å². The summed E-state index contributed by atoms with van der Waals surface area (Å²) in [7, 11) is -7.33. The fourth-order valence-corrected chi connectivity index (χ4v) is 5.71. The molecule has 0 fully saturated rings. The number of nitrogens with zero attached hydrogens (tertiary/aromatic N) is 1. The number of aromatic nitrogens is 1. The molecule has 4 unspecified atom stereocenters. The van der Waals surface area contributed by atoms with Crippen LogP contribution < -0.4 is 5.32 Å². The molecule has 1 aromatic heterocycles. The van der Waals surface area contributed by atoms with Gasteiger partial charge in [0.15, 0.2) is 0 Å². The fraction of sp³-hybridized carbons (Fsp3) is 0.300. The van der Waals surface area contributed by atoms with Crippen molar-refractivity contribution in [1.82, 2.24) is 4.98 Å². The molecule has 1 amide bonds. The molecule has 1 heterocycles. The summed E-state index contributed by atoms with van der Waals surface area (Å²) in [6, 6.07) is 15.9. The van der Waals surface area contributed by atoms with Crippen LogP contribution in [0.4, 0.5) is 5.69 Å². The van der Waals surface area contributed by atoms with Crippen molar-refractivity contribution in [1.29, 1.82) is 0 Å². The second-order valence-corrected chi connectivity index (χ2v) is 14.5. The molecule has 2 aromatic carbocycles. The number of nitrogens with one attached hydrogen (secondary N) is 1. The minimum Gasteiger partial charge on any atom is -0.286 e. The first-order valence-corrected chi connectivity index (χ1v) is 18.6. The Kier molecular flexibility index (Phi) is 13.0. The summed E-state index contributed by atoms with van der Waals surface area (Å²) in [5.41, 5.74) is 3.44. The second-order valence-electron chi connectivity index (χ2n) is 10.6. The van der Waals surface area contributed by atoms with E-state index in [2.05, 4.69) is 29.4 Å². The topological polar surface area (TPSA) is 188 Å². The van der Waals surface area contributed by atoms with Gasteiger partial charge in [0.2, 0.25) is 0 Å². The van der Waals surface area contributed by atoms with E-state index in [-0.39, 0.29) is 17.2 Å². The van der Waals surface area contributed by atoms with Gasteiger partial charge < -0.3 is 0 Å². The molecule has 0 spiro atoms. The van der Waals surface area contributed by atoms with E-state index in [9.17, 15) is 31.5 Å². The number of carboxylic acid groups (broad SMARTS) is 1. The van der Waals surface area contributed by atoms with Crippen LogP contribution in [0.25, 0.3) is 10.8 Å². The molecule has 0 saturated heterocycles. The van der Waals surface area contributed by atoms with Gasteiger partial charge in [-0.05, 0) is 0 Å². The van der Waals surface area contributed by atoms with Crippen molar-refractivity contribution in [3.8, 4) is 0 Å². The van der Waals surface area contributed by atoms with Gasteiger partial charge in [0, 0.05) is 0 Å². The number of carboxylic acids is 1. The normalized spacial score (nSPS) is 18.5. The van der Waals surface area contributed by atoms with Crippen LogP contribution in [0, 0.1) is 11.3 Å². The molecule has 3 aromatic rings. The molecule has 4 atom stereocenters. The summed E-state index contributed by atoms with van der Waals surface area (Å²) in [5, 5.41) is 15.3. The summed E-state index contributed by atoms with van der Waals surface area (Å²) >= 11 is 1.52. The molecule has 4 rings (SSSR count). The van der Waals surface area contributed by atoms with Gasteiger partial charge >= 0.3 is 209 Å². The number of hydrogen-bond acceptors (Lipinski definition) is 7. The Bertz CT molecular complexity index is 1730. The molecule has 44 heavy (non-hydrogen) atoms. The molecule has 11 nitrogen and oxygen atoms in total. The van der Waals surface area contributed by atoms with Crippen LogP contribution in [0.1, 0.15) is 30.9 Å².